The van der Waals surface area contributed by atoms with Crippen molar-refractivity contribution in [2.45, 2.75) is 19.5 Å². The topological polar surface area (TPSA) is 49.8 Å². The molecule has 0 saturated heterocycles. The minimum Gasteiger partial charge on any atom is -0.503 e. The molecule has 1 atom stereocenters. The largest absolute Gasteiger partial charge is 0.503 e. The Balaban J connectivity index is 1.77. The zero-order chi connectivity index (χ0) is 21.3. The minimum absolute atomic E-state index is 0.194. The molecule has 5 heteroatoms. The van der Waals surface area contributed by atoms with Gasteiger partial charge >= 0.3 is 0 Å². The van der Waals surface area contributed by atoms with Gasteiger partial charge in [-0.15, -0.1) is 0 Å². The number of amides is 1. The number of carbonyl (C=O) groups excluding carboxylic acids is 1. The number of hydrogen-bond donors (Lipinski definition) is 1. The van der Waals surface area contributed by atoms with Crippen molar-refractivity contribution in [1.29, 1.82) is 0 Å². The molecule has 0 aliphatic carbocycles. The predicted octanol–water partition coefficient (Wildman–Crippen LogP) is 5.82. The first kappa shape index (κ1) is 20.2. The molecule has 0 bridgehead atoms. The van der Waals surface area contributed by atoms with Crippen LogP contribution in [0.15, 0.2) is 83.0 Å². The van der Waals surface area contributed by atoms with E-state index in [1.807, 2.05) is 79.7 Å². The van der Waals surface area contributed by atoms with E-state index in [1.54, 1.807) is 12.0 Å². The molecule has 0 fully saturated rings. The normalized spacial score (nSPS) is 16.3. The lowest BCUT2D eigenvalue weighted by atomic mass is 9.93. The summed E-state index contributed by atoms with van der Waals surface area (Å²) in [5.74, 6) is 0.201. The molecule has 1 N–H and O–H groups in total. The van der Waals surface area contributed by atoms with Gasteiger partial charge in [0.05, 0.1) is 13.2 Å². The molecule has 1 aliphatic heterocycles. The molecular formula is C25H22BrNO3. The second kappa shape index (κ2) is 8.36. The van der Waals surface area contributed by atoms with Gasteiger partial charge in [0.2, 0.25) is 0 Å². The minimum atomic E-state index is -0.379. The lowest BCUT2D eigenvalue weighted by Gasteiger charge is -2.27. The molecule has 4 nitrogen and oxygen atoms in total. The van der Waals surface area contributed by atoms with Crippen LogP contribution in [-0.4, -0.2) is 23.0 Å². The Hall–Kier alpha value is -3.05. The molecule has 3 aromatic rings. The lowest BCUT2D eigenvalue weighted by molar-refractivity contribution is -0.130. The molecule has 1 heterocycles. The van der Waals surface area contributed by atoms with E-state index in [9.17, 15) is 9.90 Å². The quantitative estimate of drug-likeness (QED) is 0.518. The van der Waals surface area contributed by atoms with Crippen LogP contribution in [0.25, 0.3) is 5.57 Å². The summed E-state index contributed by atoms with van der Waals surface area (Å²) in [5, 5.41) is 10.9. The molecule has 0 radical (unpaired) electrons. The number of rotatable bonds is 5. The van der Waals surface area contributed by atoms with Gasteiger partial charge in [-0.1, -0.05) is 70.0 Å². The van der Waals surface area contributed by atoms with Crippen LogP contribution in [0.5, 0.6) is 5.75 Å². The van der Waals surface area contributed by atoms with Gasteiger partial charge in [-0.2, -0.15) is 0 Å². The molecule has 152 valence electrons. The molecule has 1 aliphatic rings. The SMILES string of the molecule is COc1ccc(CN2C(=O)C(O)=C(c3ccc(C)cc3)[C@H]2c2ccc(Br)cc2)cc1. The summed E-state index contributed by atoms with van der Waals surface area (Å²) in [6, 6.07) is 23.0. The third kappa shape index (κ3) is 3.85. The van der Waals surface area contributed by atoms with Gasteiger partial charge in [0.1, 0.15) is 5.75 Å². The van der Waals surface area contributed by atoms with E-state index in [2.05, 4.69) is 15.9 Å². The Bertz CT molecular complexity index is 1090. The lowest BCUT2D eigenvalue weighted by Crippen LogP contribution is -2.29. The van der Waals surface area contributed by atoms with Crippen LogP contribution in [0.2, 0.25) is 0 Å². The summed E-state index contributed by atoms with van der Waals surface area (Å²) in [4.78, 5) is 14.8. The van der Waals surface area contributed by atoms with Crippen LogP contribution in [0.3, 0.4) is 0 Å². The highest BCUT2D eigenvalue weighted by molar-refractivity contribution is 9.10. The van der Waals surface area contributed by atoms with Gasteiger partial charge in [-0.05, 0) is 47.9 Å². The number of ether oxygens (including phenoxy) is 1. The maximum atomic E-state index is 13.1. The van der Waals surface area contributed by atoms with Crippen LogP contribution in [0.1, 0.15) is 28.3 Å². The van der Waals surface area contributed by atoms with Crippen molar-refractivity contribution in [2.24, 2.45) is 0 Å². The zero-order valence-corrected chi connectivity index (χ0v) is 18.4. The molecule has 0 unspecified atom stereocenters. The van der Waals surface area contributed by atoms with E-state index in [-0.39, 0.29) is 17.7 Å². The van der Waals surface area contributed by atoms with E-state index < -0.39 is 0 Å². The van der Waals surface area contributed by atoms with E-state index >= 15 is 0 Å². The number of aliphatic hydroxyl groups is 1. The molecule has 0 spiro atoms. The number of hydrogen-bond acceptors (Lipinski definition) is 3. The maximum absolute atomic E-state index is 13.1. The third-order valence-electron chi connectivity index (χ3n) is 5.36. The van der Waals surface area contributed by atoms with Crippen molar-refractivity contribution in [1.82, 2.24) is 4.90 Å². The number of carbonyl (C=O) groups is 1. The fourth-order valence-corrected chi connectivity index (χ4v) is 4.03. The molecule has 0 saturated carbocycles. The van der Waals surface area contributed by atoms with Crippen LogP contribution >= 0.6 is 15.9 Å². The van der Waals surface area contributed by atoms with Crippen LogP contribution < -0.4 is 4.74 Å². The van der Waals surface area contributed by atoms with Crippen LogP contribution in [0.4, 0.5) is 0 Å². The highest BCUT2D eigenvalue weighted by atomic mass is 79.9. The molecule has 1 amide bonds. The average molecular weight is 464 g/mol. The summed E-state index contributed by atoms with van der Waals surface area (Å²) in [5.41, 5.74) is 4.51. The van der Waals surface area contributed by atoms with Crippen molar-refractivity contribution < 1.29 is 14.6 Å². The fourth-order valence-electron chi connectivity index (χ4n) is 3.76. The molecule has 30 heavy (non-hydrogen) atoms. The second-order valence-corrected chi connectivity index (χ2v) is 8.28. The number of nitrogens with zero attached hydrogens (tertiary/aromatic N) is 1. The van der Waals surface area contributed by atoms with E-state index in [1.165, 1.54) is 0 Å². The van der Waals surface area contributed by atoms with Gasteiger partial charge in [0.15, 0.2) is 5.76 Å². The average Bonchev–Trinajstić information content (AvgIpc) is 3.00. The molecular weight excluding hydrogens is 442 g/mol. The summed E-state index contributed by atoms with van der Waals surface area (Å²) in [7, 11) is 1.62. The maximum Gasteiger partial charge on any atom is 0.290 e. The van der Waals surface area contributed by atoms with Gasteiger partial charge in [-0.25, -0.2) is 0 Å². The zero-order valence-electron chi connectivity index (χ0n) is 16.8. The number of methoxy groups -OCH3 is 1. The predicted molar refractivity (Wildman–Crippen MR) is 121 cm³/mol. The number of halogens is 1. The molecule has 3 aromatic carbocycles. The van der Waals surface area contributed by atoms with Gasteiger partial charge in [0.25, 0.3) is 5.91 Å². The van der Waals surface area contributed by atoms with Crippen LogP contribution in [0, 0.1) is 6.92 Å². The second-order valence-electron chi connectivity index (χ2n) is 7.36. The summed E-state index contributed by atoms with van der Waals surface area (Å²) in [6.07, 6.45) is 0. The Kier molecular flexibility index (Phi) is 5.64. The molecule has 4 rings (SSSR count). The standard InChI is InChI=1S/C25H22BrNO3/c1-16-3-7-18(8-4-16)22-23(19-9-11-20(26)12-10-19)27(25(29)24(22)28)15-17-5-13-21(30-2)14-6-17/h3-14,23,28H,15H2,1-2H3/t23-/m1/s1. The van der Waals surface area contributed by atoms with E-state index in [0.717, 1.165) is 32.5 Å². The van der Waals surface area contributed by atoms with E-state index in [0.29, 0.717) is 12.1 Å². The summed E-state index contributed by atoms with van der Waals surface area (Å²) < 4.78 is 6.19. The third-order valence-corrected chi connectivity index (χ3v) is 5.89. The van der Waals surface area contributed by atoms with Crippen molar-refractivity contribution in [3.8, 4) is 5.75 Å². The van der Waals surface area contributed by atoms with Crippen LogP contribution in [-0.2, 0) is 11.3 Å². The van der Waals surface area contributed by atoms with Crippen molar-refractivity contribution >= 4 is 27.4 Å². The number of aryl methyl sites for hydroxylation is 1. The smallest absolute Gasteiger partial charge is 0.290 e. The van der Waals surface area contributed by atoms with Gasteiger partial charge in [0, 0.05) is 16.6 Å². The Morgan fingerprint density at radius 3 is 2.20 bits per heavy atom. The van der Waals surface area contributed by atoms with Crippen molar-refractivity contribution in [3.05, 3.63) is 105 Å². The highest BCUT2D eigenvalue weighted by Crippen LogP contribution is 2.44. The molecule has 0 aromatic heterocycles. The monoisotopic (exact) mass is 463 g/mol. The van der Waals surface area contributed by atoms with Gasteiger partial charge in [-0.3, -0.25) is 4.79 Å². The highest BCUT2D eigenvalue weighted by Gasteiger charge is 2.40. The van der Waals surface area contributed by atoms with Crippen molar-refractivity contribution in [2.75, 3.05) is 7.11 Å². The first-order chi connectivity index (χ1) is 14.5. The summed E-state index contributed by atoms with van der Waals surface area (Å²) in [6.45, 7) is 2.39. The van der Waals surface area contributed by atoms with Gasteiger partial charge < -0.3 is 14.7 Å². The number of aliphatic hydroxyl groups excluding tert-OH is 1. The summed E-state index contributed by atoms with van der Waals surface area (Å²) >= 11 is 3.47. The number of benzene rings is 3. The Morgan fingerprint density at radius 2 is 1.60 bits per heavy atom. The Labute approximate surface area is 184 Å². The van der Waals surface area contributed by atoms with E-state index in [4.69, 9.17) is 4.74 Å². The first-order valence-corrected chi connectivity index (χ1v) is 10.5. The first-order valence-electron chi connectivity index (χ1n) is 9.67. The fraction of sp³-hybridized carbons (Fsp3) is 0.160. The Morgan fingerprint density at radius 1 is 0.967 bits per heavy atom. The van der Waals surface area contributed by atoms with Crippen molar-refractivity contribution in [3.63, 3.8) is 0 Å².